The first kappa shape index (κ1) is 24.8. The Kier molecular flexibility index (Phi) is 10.6. The van der Waals surface area contributed by atoms with Gasteiger partial charge < -0.3 is 20.5 Å². The van der Waals surface area contributed by atoms with Gasteiger partial charge in [0.1, 0.15) is 17.8 Å². The van der Waals surface area contributed by atoms with Crippen LogP contribution < -0.4 is 16.0 Å². The largest absolute Gasteiger partial charge is 0.433 e. The zero-order valence-electron chi connectivity index (χ0n) is 16.2. The molecule has 3 N–H and O–H groups in total. The van der Waals surface area contributed by atoms with E-state index in [4.69, 9.17) is 0 Å². The first-order valence-electron chi connectivity index (χ1n) is 8.97. The van der Waals surface area contributed by atoms with Crippen LogP contribution in [0.15, 0.2) is 23.6 Å². The first-order chi connectivity index (χ1) is 13.4. The van der Waals surface area contributed by atoms with E-state index in [2.05, 4.69) is 41.1 Å². The van der Waals surface area contributed by atoms with E-state index in [1.165, 1.54) is 0 Å². The molecule has 2 aromatic heterocycles. The van der Waals surface area contributed by atoms with E-state index < -0.39 is 11.9 Å². The number of aliphatic imine (C=N–C) groups is 1. The molecule has 0 bridgehead atoms. The lowest BCUT2D eigenvalue weighted by Gasteiger charge is -2.12. The van der Waals surface area contributed by atoms with Crippen molar-refractivity contribution < 1.29 is 13.2 Å². The second kappa shape index (κ2) is 12.4. The lowest BCUT2D eigenvalue weighted by Crippen LogP contribution is -2.39. The maximum absolute atomic E-state index is 12.6. The Bertz CT molecular complexity index is 764. The van der Waals surface area contributed by atoms with Crippen LogP contribution in [0.2, 0.25) is 0 Å². The van der Waals surface area contributed by atoms with E-state index in [9.17, 15) is 13.2 Å². The third-order valence-electron chi connectivity index (χ3n) is 3.61. The van der Waals surface area contributed by atoms with Gasteiger partial charge in [0.05, 0.1) is 6.54 Å². The normalized spacial score (nSPS) is 11.7. The number of aromatic nitrogens is 5. The fourth-order valence-electron chi connectivity index (χ4n) is 2.31. The second-order valence-corrected chi connectivity index (χ2v) is 5.67. The second-order valence-electron chi connectivity index (χ2n) is 5.67. The average Bonchev–Trinajstić information content (AvgIpc) is 3.12. The molecule has 29 heavy (non-hydrogen) atoms. The minimum Gasteiger partial charge on any atom is -0.357 e. The van der Waals surface area contributed by atoms with E-state index in [-0.39, 0.29) is 29.9 Å². The van der Waals surface area contributed by atoms with E-state index in [1.54, 1.807) is 6.33 Å². The molecule has 0 saturated carbocycles. The zero-order valence-corrected chi connectivity index (χ0v) is 18.5. The van der Waals surface area contributed by atoms with E-state index in [0.717, 1.165) is 24.5 Å². The molecule has 2 heterocycles. The number of anilines is 1. The Balaban J connectivity index is 0.00000420. The number of aryl methyl sites for hydroxylation is 1. The van der Waals surface area contributed by atoms with Crippen molar-refractivity contribution in [2.45, 2.75) is 33.0 Å². The number of nitrogens with zero attached hydrogens (tertiary/aromatic N) is 6. The molecule has 0 aliphatic carbocycles. The van der Waals surface area contributed by atoms with Crippen LogP contribution in [-0.4, -0.2) is 56.9 Å². The fraction of sp³-hybridized carbons (Fsp3) is 0.562. The maximum atomic E-state index is 12.6. The summed E-state index contributed by atoms with van der Waals surface area (Å²) in [5, 5.41) is 17.0. The summed E-state index contributed by atoms with van der Waals surface area (Å²) >= 11 is 0. The van der Waals surface area contributed by atoms with Gasteiger partial charge in [0.25, 0.3) is 0 Å². The number of hydrogen-bond acceptors (Lipinski definition) is 6. The lowest BCUT2D eigenvalue weighted by molar-refractivity contribution is -0.141. The SMILES string of the molecule is CCNC(=NCCNc1nccc(C(F)(F)F)n1)NCCn1cnnc1CC.I. The van der Waals surface area contributed by atoms with Gasteiger partial charge in [0.15, 0.2) is 5.96 Å². The first-order valence-corrected chi connectivity index (χ1v) is 8.97. The van der Waals surface area contributed by atoms with Crippen molar-refractivity contribution in [2.75, 3.05) is 31.5 Å². The van der Waals surface area contributed by atoms with Crippen LogP contribution in [0.4, 0.5) is 19.1 Å². The summed E-state index contributed by atoms with van der Waals surface area (Å²) in [5.74, 6) is 1.44. The quantitative estimate of drug-likeness (QED) is 0.198. The predicted octanol–water partition coefficient (Wildman–Crippen LogP) is 1.93. The van der Waals surface area contributed by atoms with Gasteiger partial charge in [-0.05, 0) is 13.0 Å². The van der Waals surface area contributed by atoms with Crippen LogP contribution in [0, 0.1) is 0 Å². The van der Waals surface area contributed by atoms with Crippen molar-refractivity contribution in [3.63, 3.8) is 0 Å². The van der Waals surface area contributed by atoms with Gasteiger partial charge in [-0.2, -0.15) is 13.2 Å². The topological polar surface area (TPSA) is 105 Å². The molecule has 2 rings (SSSR count). The highest BCUT2D eigenvalue weighted by Gasteiger charge is 2.32. The highest BCUT2D eigenvalue weighted by atomic mass is 127. The highest BCUT2D eigenvalue weighted by molar-refractivity contribution is 14.0. The minimum absolute atomic E-state index is 0. The van der Waals surface area contributed by atoms with Crippen LogP contribution in [0.1, 0.15) is 25.4 Å². The van der Waals surface area contributed by atoms with Gasteiger partial charge in [-0.25, -0.2) is 9.97 Å². The smallest absolute Gasteiger partial charge is 0.357 e. The molecule has 0 aliphatic rings. The van der Waals surface area contributed by atoms with Crippen LogP contribution in [-0.2, 0) is 19.1 Å². The maximum Gasteiger partial charge on any atom is 0.433 e. The average molecular weight is 527 g/mol. The Morgan fingerprint density at radius 2 is 2.00 bits per heavy atom. The lowest BCUT2D eigenvalue weighted by atomic mass is 10.4. The molecule has 13 heteroatoms. The summed E-state index contributed by atoms with van der Waals surface area (Å²) in [5.41, 5.74) is -0.982. The standard InChI is InChI=1S/C16H24F3N9.HI/c1-3-13-27-25-11-28(13)10-9-24-14(20-4-2)22-7-8-23-15-21-6-5-12(26-15)16(17,18)19;/h5-6,11H,3-4,7-10H2,1-2H3,(H2,20,22,24)(H,21,23,26);1H. The number of hydrogen-bond donors (Lipinski definition) is 3. The van der Waals surface area contributed by atoms with Crippen LogP contribution in [0.5, 0.6) is 0 Å². The van der Waals surface area contributed by atoms with Crippen molar-refractivity contribution in [3.8, 4) is 0 Å². The Morgan fingerprint density at radius 1 is 1.21 bits per heavy atom. The van der Waals surface area contributed by atoms with E-state index in [0.29, 0.717) is 38.7 Å². The number of guanidine groups is 1. The van der Waals surface area contributed by atoms with Crippen molar-refractivity contribution in [3.05, 3.63) is 30.1 Å². The highest BCUT2D eigenvalue weighted by Crippen LogP contribution is 2.27. The Morgan fingerprint density at radius 3 is 2.69 bits per heavy atom. The van der Waals surface area contributed by atoms with E-state index in [1.807, 2.05) is 18.4 Å². The van der Waals surface area contributed by atoms with Crippen molar-refractivity contribution in [1.82, 2.24) is 35.4 Å². The van der Waals surface area contributed by atoms with Crippen LogP contribution in [0.25, 0.3) is 0 Å². The van der Waals surface area contributed by atoms with Gasteiger partial charge >= 0.3 is 6.18 Å². The van der Waals surface area contributed by atoms with Crippen molar-refractivity contribution in [2.24, 2.45) is 4.99 Å². The minimum atomic E-state index is -4.50. The summed E-state index contributed by atoms with van der Waals surface area (Å²) in [4.78, 5) is 11.6. The number of rotatable bonds is 9. The number of halogens is 4. The summed E-state index contributed by atoms with van der Waals surface area (Å²) < 4.78 is 39.9. The van der Waals surface area contributed by atoms with Gasteiger partial charge in [-0.15, -0.1) is 34.2 Å². The van der Waals surface area contributed by atoms with Crippen LogP contribution in [0.3, 0.4) is 0 Å². The Labute approximate surface area is 184 Å². The molecule has 162 valence electrons. The molecule has 0 radical (unpaired) electrons. The zero-order chi connectivity index (χ0) is 20.4. The van der Waals surface area contributed by atoms with Gasteiger partial charge in [0.2, 0.25) is 5.95 Å². The number of alkyl halides is 3. The van der Waals surface area contributed by atoms with Gasteiger partial charge in [0, 0.05) is 38.8 Å². The summed E-state index contributed by atoms with van der Waals surface area (Å²) in [7, 11) is 0. The molecule has 0 saturated heterocycles. The predicted molar refractivity (Wildman–Crippen MR) is 114 cm³/mol. The summed E-state index contributed by atoms with van der Waals surface area (Å²) in [6, 6.07) is 0.830. The molecule has 0 fully saturated rings. The van der Waals surface area contributed by atoms with Crippen molar-refractivity contribution in [1.29, 1.82) is 0 Å². The molecule has 0 unspecified atom stereocenters. The molecule has 0 amide bonds. The van der Waals surface area contributed by atoms with Crippen molar-refractivity contribution >= 4 is 35.9 Å². The molecule has 9 nitrogen and oxygen atoms in total. The summed E-state index contributed by atoms with van der Waals surface area (Å²) in [6.07, 6.45) is -0.939. The third-order valence-corrected chi connectivity index (χ3v) is 3.61. The monoisotopic (exact) mass is 527 g/mol. The fourth-order valence-corrected chi connectivity index (χ4v) is 2.31. The third kappa shape index (κ3) is 8.37. The molecule has 0 aliphatic heterocycles. The van der Waals surface area contributed by atoms with Gasteiger partial charge in [-0.1, -0.05) is 6.92 Å². The number of nitrogens with one attached hydrogen (secondary N) is 3. The van der Waals surface area contributed by atoms with Crippen LogP contribution >= 0.6 is 24.0 Å². The van der Waals surface area contributed by atoms with E-state index >= 15 is 0 Å². The molecule has 0 atom stereocenters. The summed E-state index contributed by atoms with van der Waals surface area (Å²) in [6.45, 7) is 6.59. The Hall–Kier alpha value is -2.19. The van der Waals surface area contributed by atoms with Gasteiger partial charge in [-0.3, -0.25) is 4.99 Å². The molecular weight excluding hydrogens is 502 g/mol. The molecular formula is C16H25F3IN9. The molecule has 0 aromatic carbocycles. The molecule has 0 spiro atoms. The molecule has 2 aromatic rings.